The van der Waals surface area contributed by atoms with Crippen molar-refractivity contribution in [3.8, 4) is 11.5 Å². The number of carbonyl (C=O) groups excluding carboxylic acids is 1. The Hall–Kier alpha value is -1.79. The van der Waals surface area contributed by atoms with Crippen molar-refractivity contribution in [1.29, 1.82) is 0 Å². The van der Waals surface area contributed by atoms with E-state index in [0.717, 1.165) is 24.5 Å². The third kappa shape index (κ3) is 3.11. The fraction of sp³-hybridized carbons (Fsp3) is 0.429. The summed E-state index contributed by atoms with van der Waals surface area (Å²) in [6.07, 6.45) is 0. The zero-order valence-corrected chi connectivity index (χ0v) is 12.9. The van der Waals surface area contributed by atoms with Gasteiger partial charge in [0.15, 0.2) is 11.5 Å². The van der Waals surface area contributed by atoms with Crippen LogP contribution < -0.4 is 5.32 Å². The summed E-state index contributed by atoms with van der Waals surface area (Å²) in [5, 5.41) is 10.2. The number of aryl methyl sites for hydroxylation is 1. The number of furan rings is 1. The van der Waals surface area contributed by atoms with Crippen LogP contribution in [0.2, 0.25) is 0 Å². The predicted octanol–water partition coefficient (Wildman–Crippen LogP) is 1.83. The van der Waals surface area contributed by atoms with Crippen molar-refractivity contribution in [3.05, 3.63) is 29.7 Å². The SMILES string of the molecule is Cc1ccc(-c2cc(C(=O)N3CCNCC3C)n[nH]2)o1.Cl. The molecule has 6 nitrogen and oxygen atoms in total. The minimum atomic E-state index is -0.0372. The number of piperazine rings is 1. The zero-order valence-electron chi connectivity index (χ0n) is 12.0. The van der Waals surface area contributed by atoms with Crippen molar-refractivity contribution in [2.45, 2.75) is 19.9 Å². The van der Waals surface area contributed by atoms with Gasteiger partial charge in [0.1, 0.15) is 11.5 Å². The largest absolute Gasteiger partial charge is 0.460 e. The van der Waals surface area contributed by atoms with Crippen molar-refractivity contribution in [3.63, 3.8) is 0 Å². The third-order valence-corrected chi connectivity index (χ3v) is 3.56. The van der Waals surface area contributed by atoms with Gasteiger partial charge in [-0.15, -0.1) is 12.4 Å². The molecule has 1 saturated heterocycles. The van der Waals surface area contributed by atoms with Crippen LogP contribution in [-0.4, -0.2) is 46.7 Å². The molecule has 21 heavy (non-hydrogen) atoms. The van der Waals surface area contributed by atoms with Crippen LogP contribution in [0.3, 0.4) is 0 Å². The molecule has 1 aliphatic rings. The molecule has 3 heterocycles. The Kier molecular flexibility index (Phi) is 4.69. The lowest BCUT2D eigenvalue weighted by atomic mass is 10.2. The van der Waals surface area contributed by atoms with Crippen LogP contribution in [0, 0.1) is 6.92 Å². The standard InChI is InChI=1S/C14H18N4O2.ClH/c1-9-8-15-5-6-18(9)14(19)12-7-11(16-17-12)13-4-3-10(2)20-13;/h3-4,7,9,15H,5-6,8H2,1-2H3,(H,16,17);1H. The van der Waals surface area contributed by atoms with Gasteiger partial charge in [-0.25, -0.2) is 0 Å². The maximum atomic E-state index is 12.4. The summed E-state index contributed by atoms with van der Waals surface area (Å²) < 4.78 is 5.52. The van der Waals surface area contributed by atoms with Gasteiger partial charge in [0, 0.05) is 31.7 Å². The molecule has 0 radical (unpaired) electrons. The van der Waals surface area contributed by atoms with Gasteiger partial charge in [0.25, 0.3) is 5.91 Å². The summed E-state index contributed by atoms with van der Waals surface area (Å²) >= 11 is 0. The average Bonchev–Trinajstić information content (AvgIpc) is 3.07. The van der Waals surface area contributed by atoms with Gasteiger partial charge in [0.2, 0.25) is 0 Å². The van der Waals surface area contributed by atoms with Crippen LogP contribution in [0.4, 0.5) is 0 Å². The molecule has 7 heteroatoms. The number of H-pyrrole nitrogens is 1. The third-order valence-electron chi connectivity index (χ3n) is 3.56. The number of nitrogens with zero attached hydrogens (tertiary/aromatic N) is 2. The second-order valence-corrected chi connectivity index (χ2v) is 5.13. The van der Waals surface area contributed by atoms with E-state index in [0.29, 0.717) is 18.0 Å². The fourth-order valence-electron chi connectivity index (χ4n) is 2.43. The van der Waals surface area contributed by atoms with Gasteiger partial charge in [-0.1, -0.05) is 0 Å². The van der Waals surface area contributed by atoms with Crippen LogP contribution in [0.25, 0.3) is 11.5 Å². The van der Waals surface area contributed by atoms with Gasteiger partial charge < -0.3 is 14.6 Å². The lowest BCUT2D eigenvalue weighted by Gasteiger charge is -2.33. The monoisotopic (exact) mass is 310 g/mol. The number of halogens is 1. The van der Waals surface area contributed by atoms with E-state index in [1.165, 1.54) is 0 Å². The van der Waals surface area contributed by atoms with Crippen molar-refractivity contribution < 1.29 is 9.21 Å². The highest BCUT2D eigenvalue weighted by Gasteiger charge is 2.26. The van der Waals surface area contributed by atoms with Crippen LogP contribution in [0.15, 0.2) is 22.6 Å². The highest BCUT2D eigenvalue weighted by Crippen LogP contribution is 2.21. The minimum Gasteiger partial charge on any atom is -0.460 e. The highest BCUT2D eigenvalue weighted by molar-refractivity contribution is 5.93. The average molecular weight is 311 g/mol. The number of nitrogens with one attached hydrogen (secondary N) is 2. The lowest BCUT2D eigenvalue weighted by molar-refractivity contribution is 0.0649. The quantitative estimate of drug-likeness (QED) is 0.887. The molecule has 0 aromatic carbocycles. The second kappa shape index (κ2) is 6.32. The molecule has 0 aliphatic carbocycles. The van der Waals surface area contributed by atoms with Crippen LogP contribution in [-0.2, 0) is 0 Å². The van der Waals surface area contributed by atoms with Gasteiger partial charge in [-0.2, -0.15) is 5.10 Å². The number of carbonyl (C=O) groups is 1. The first-order valence-electron chi connectivity index (χ1n) is 6.79. The number of aromatic nitrogens is 2. The van der Waals surface area contributed by atoms with Crippen LogP contribution >= 0.6 is 12.4 Å². The molecule has 114 valence electrons. The van der Waals surface area contributed by atoms with E-state index in [9.17, 15) is 4.79 Å². The first kappa shape index (κ1) is 15.6. The molecule has 1 unspecified atom stereocenters. The van der Waals surface area contributed by atoms with Crippen molar-refractivity contribution in [1.82, 2.24) is 20.4 Å². The van der Waals surface area contributed by atoms with Gasteiger partial charge in [-0.3, -0.25) is 9.89 Å². The first-order valence-corrected chi connectivity index (χ1v) is 6.79. The molecule has 2 N–H and O–H groups in total. The Morgan fingerprint density at radius 1 is 1.48 bits per heavy atom. The summed E-state index contributed by atoms with van der Waals surface area (Å²) in [7, 11) is 0. The second-order valence-electron chi connectivity index (χ2n) is 5.13. The fourth-order valence-corrected chi connectivity index (χ4v) is 2.43. The number of hydrogen-bond donors (Lipinski definition) is 2. The Morgan fingerprint density at radius 2 is 2.29 bits per heavy atom. The first-order chi connectivity index (χ1) is 9.65. The van der Waals surface area contributed by atoms with E-state index >= 15 is 0 Å². The molecule has 1 amide bonds. The Labute approximate surface area is 129 Å². The summed E-state index contributed by atoms with van der Waals surface area (Å²) in [4.78, 5) is 14.3. The van der Waals surface area contributed by atoms with E-state index < -0.39 is 0 Å². The molecule has 1 aliphatic heterocycles. The number of rotatable bonds is 2. The van der Waals surface area contributed by atoms with E-state index in [1.54, 1.807) is 6.07 Å². The minimum absolute atomic E-state index is 0. The zero-order chi connectivity index (χ0) is 14.1. The smallest absolute Gasteiger partial charge is 0.274 e. The summed E-state index contributed by atoms with van der Waals surface area (Å²) in [5.41, 5.74) is 1.16. The number of aromatic amines is 1. The topological polar surface area (TPSA) is 74.2 Å². The van der Waals surface area contributed by atoms with E-state index in [-0.39, 0.29) is 24.4 Å². The lowest BCUT2D eigenvalue weighted by Crippen LogP contribution is -2.52. The molecule has 2 aromatic heterocycles. The molecule has 1 atom stereocenters. The highest BCUT2D eigenvalue weighted by atomic mass is 35.5. The molecule has 0 spiro atoms. The van der Waals surface area contributed by atoms with Crippen LogP contribution in [0.5, 0.6) is 0 Å². The maximum absolute atomic E-state index is 12.4. The predicted molar refractivity (Wildman–Crippen MR) is 81.6 cm³/mol. The van der Waals surface area contributed by atoms with E-state index in [4.69, 9.17) is 4.42 Å². The van der Waals surface area contributed by atoms with Gasteiger partial charge in [0.05, 0.1) is 0 Å². The molecule has 1 fully saturated rings. The van der Waals surface area contributed by atoms with E-state index in [1.807, 2.05) is 30.9 Å². The Morgan fingerprint density at radius 3 is 2.95 bits per heavy atom. The van der Waals surface area contributed by atoms with Crippen molar-refractivity contribution in [2.75, 3.05) is 19.6 Å². The van der Waals surface area contributed by atoms with Crippen LogP contribution in [0.1, 0.15) is 23.2 Å². The van der Waals surface area contributed by atoms with Gasteiger partial charge >= 0.3 is 0 Å². The summed E-state index contributed by atoms with van der Waals surface area (Å²) in [6.45, 7) is 6.27. The molecule has 3 rings (SSSR count). The normalized spacial score (nSPS) is 18.4. The maximum Gasteiger partial charge on any atom is 0.274 e. The summed E-state index contributed by atoms with van der Waals surface area (Å²) in [6, 6.07) is 5.68. The summed E-state index contributed by atoms with van der Waals surface area (Å²) in [5.74, 6) is 1.49. The van der Waals surface area contributed by atoms with Crippen molar-refractivity contribution in [2.24, 2.45) is 0 Å². The van der Waals surface area contributed by atoms with Gasteiger partial charge in [-0.05, 0) is 26.0 Å². The molecule has 2 aromatic rings. The van der Waals surface area contributed by atoms with E-state index in [2.05, 4.69) is 15.5 Å². The Bertz CT molecular complexity index is 622. The van der Waals surface area contributed by atoms with Crippen molar-refractivity contribution >= 4 is 18.3 Å². The molecule has 0 bridgehead atoms. The Balaban J connectivity index is 0.00000161. The number of amides is 1. The number of hydrogen-bond acceptors (Lipinski definition) is 4. The molecule has 0 saturated carbocycles. The molecular weight excluding hydrogens is 292 g/mol. The molecular formula is C14H19ClN4O2.